The summed E-state index contributed by atoms with van der Waals surface area (Å²) in [6, 6.07) is 2.76. The Labute approximate surface area is 98.7 Å². The third kappa shape index (κ3) is 2.61. The normalized spacial score (nSPS) is 11.5. The highest BCUT2D eigenvalue weighted by Crippen LogP contribution is 2.19. The molecule has 1 aromatic rings. The number of imidazole rings is 1. The lowest BCUT2D eigenvalue weighted by Gasteiger charge is -2.13. The molecular weight excluding hydrogens is 220 g/mol. The summed E-state index contributed by atoms with van der Waals surface area (Å²) in [6.45, 7) is 1.96. The topological polar surface area (TPSA) is 103 Å². The number of rotatable bonds is 5. The molecule has 1 heterocycles. The molecule has 1 N–H and O–H groups in total. The van der Waals surface area contributed by atoms with Crippen LogP contribution in [0.1, 0.15) is 43.6 Å². The summed E-state index contributed by atoms with van der Waals surface area (Å²) < 4.78 is 1.26. The monoisotopic (exact) mass is 232 g/mol. The van der Waals surface area contributed by atoms with E-state index < -0.39 is 12.0 Å². The Hall–Kier alpha value is -2.34. The minimum atomic E-state index is -1.02. The Bertz CT molecular complexity index is 493. The minimum Gasteiger partial charge on any atom is -0.480 e. The van der Waals surface area contributed by atoms with Gasteiger partial charge >= 0.3 is 5.97 Å². The van der Waals surface area contributed by atoms with Crippen molar-refractivity contribution in [3.8, 4) is 12.1 Å². The molecule has 0 saturated carbocycles. The van der Waals surface area contributed by atoms with Gasteiger partial charge in [-0.25, -0.2) is 9.78 Å². The maximum Gasteiger partial charge on any atom is 0.326 e. The van der Waals surface area contributed by atoms with E-state index in [0.29, 0.717) is 6.42 Å². The van der Waals surface area contributed by atoms with Gasteiger partial charge < -0.3 is 9.67 Å². The smallest absolute Gasteiger partial charge is 0.326 e. The fourth-order valence-electron chi connectivity index (χ4n) is 1.57. The van der Waals surface area contributed by atoms with Gasteiger partial charge in [0.25, 0.3) is 0 Å². The van der Waals surface area contributed by atoms with Crippen molar-refractivity contribution in [2.45, 2.75) is 32.2 Å². The largest absolute Gasteiger partial charge is 0.480 e. The van der Waals surface area contributed by atoms with Crippen LogP contribution in [0.15, 0.2) is 6.33 Å². The van der Waals surface area contributed by atoms with Crippen LogP contribution in [0.5, 0.6) is 0 Å². The molecule has 0 bridgehead atoms. The third-order valence-electron chi connectivity index (χ3n) is 2.46. The molecule has 1 aromatic heterocycles. The van der Waals surface area contributed by atoms with Crippen molar-refractivity contribution in [2.24, 2.45) is 0 Å². The Balaban J connectivity index is 3.12. The van der Waals surface area contributed by atoms with Gasteiger partial charge in [0, 0.05) is 0 Å². The van der Waals surface area contributed by atoms with E-state index in [1.807, 2.05) is 13.0 Å². The average molecular weight is 232 g/mol. The van der Waals surface area contributed by atoms with Gasteiger partial charge in [-0.15, -0.1) is 0 Å². The lowest BCUT2D eigenvalue weighted by atomic mass is 10.1. The summed E-state index contributed by atoms with van der Waals surface area (Å²) in [5.74, 6) is -1.02. The van der Waals surface area contributed by atoms with Crippen molar-refractivity contribution in [1.29, 1.82) is 10.5 Å². The molecule has 1 unspecified atom stereocenters. The van der Waals surface area contributed by atoms with Crippen LogP contribution >= 0.6 is 0 Å². The third-order valence-corrected chi connectivity index (χ3v) is 2.46. The molecular formula is C11H12N4O2. The fraction of sp³-hybridized carbons (Fsp3) is 0.455. The molecule has 6 nitrogen and oxygen atoms in total. The Morgan fingerprint density at radius 3 is 2.76 bits per heavy atom. The van der Waals surface area contributed by atoms with E-state index in [4.69, 9.17) is 15.6 Å². The number of carbonyl (C=O) groups is 1. The fourth-order valence-corrected chi connectivity index (χ4v) is 1.57. The standard InChI is InChI=1S/C11H12N4O2/c1-2-3-4-9(11(16)17)15-7-14-8(5-12)10(15)6-13/h7,9H,2-4H2,1H3,(H,16,17). The second-order valence-electron chi connectivity index (χ2n) is 3.57. The molecule has 17 heavy (non-hydrogen) atoms. The van der Waals surface area contributed by atoms with Crippen molar-refractivity contribution in [1.82, 2.24) is 9.55 Å². The molecule has 0 fully saturated rings. The summed E-state index contributed by atoms with van der Waals surface area (Å²) in [5.41, 5.74) is -0.0220. The molecule has 0 aliphatic carbocycles. The Morgan fingerprint density at radius 2 is 2.29 bits per heavy atom. The number of nitrogens with zero attached hydrogens (tertiary/aromatic N) is 4. The first-order valence-electron chi connectivity index (χ1n) is 5.25. The van der Waals surface area contributed by atoms with Crippen LogP contribution in [0.4, 0.5) is 0 Å². The molecule has 1 atom stereocenters. The summed E-state index contributed by atoms with van der Waals surface area (Å²) >= 11 is 0. The van der Waals surface area contributed by atoms with Crippen LogP contribution in [-0.2, 0) is 4.79 Å². The predicted molar refractivity (Wildman–Crippen MR) is 57.9 cm³/mol. The zero-order valence-electron chi connectivity index (χ0n) is 9.42. The molecule has 0 aliphatic heterocycles. The SMILES string of the molecule is CCCCC(C(=O)O)n1cnc(C#N)c1C#N. The number of aromatic nitrogens is 2. The highest BCUT2D eigenvalue weighted by atomic mass is 16.4. The first-order valence-corrected chi connectivity index (χ1v) is 5.25. The summed E-state index contributed by atoms with van der Waals surface area (Å²) in [7, 11) is 0. The molecule has 0 aromatic carbocycles. The second-order valence-corrected chi connectivity index (χ2v) is 3.57. The zero-order chi connectivity index (χ0) is 12.8. The van der Waals surface area contributed by atoms with E-state index in [2.05, 4.69) is 4.98 Å². The summed E-state index contributed by atoms with van der Waals surface area (Å²) in [4.78, 5) is 14.9. The maximum atomic E-state index is 11.1. The van der Waals surface area contributed by atoms with Crippen LogP contribution in [0.3, 0.4) is 0 Å². The van der Waals surface area contributed by atoms with Crippen molar-refractivity contribution < 1.29 is 9.90 Å². The number of hydrogen-bond donors (Lipinski definition) is 1. The van der Waals surface area contributed by atoms with E-state index in [-0.39, 0.29) is 11.4 Å². The Morgan fingerprint density at radius 1 is 1.59 bits per heavy atom. The van der Waals surface area contributed by atoms with Crippen molar-refractivity contribution >= 4 is 5.97 Å². The van der Waals surface area contributed by atoms with Crippen molar-refractivity contribution in [3.63, 3.8) is 0 Å². The first kappa shape index (κ1) is 12.7. The highest BCUT2D eigenvalue weighted by molar-refractivity contribution is 5.72. The number of carboxylic acid groups (broad SMARTS) is 1. The maximum absolute atomic E-state index is 11.1. The van der Waals surface area contributed by atoms with Gasteiger partial charge in [-0.1, -0.05) is 19.8 Å². The molecule has 1 rings (SSSR count). The molecule has 0 spiro atoms. The minimum absolute atomic E-state index is 0.0102. The van der Waals surface area contributed by atoms with E-state index in [9.17, 15) is 4.79 Å². The second kappa shape index (κ2) is 5.66. The molecule has 0 saturated heterocycles. The van der Waals surface area contributed by atoms with Crippen LogP contribution in [-0.4, -0.2) is 20.6 Å². The first-order chi connectivity index (χ1) is 8.15. The quantitative estimate of drug-likeness (QED) is 0.827. The lowest BCUT2D eigenvalue weighted by Crippen LogP contribution is -2.19. The highest BCUT2D eigenvalue weighted by Gasteiger charge is 2.23. The van der Waals surface area contributed by atoms with E-state index in [0.717, 1.165) is 12.8 Å². The summed E-state index contributed by atoms with van der Waals surface area (Å²) in [5, 5.41) is 26.8. The molecule has 0 radical (unpaired) electrons. The van der Waals surface area contributed by atoms with Gasteiger partial charge in [0.15, 0.2) is 11.4 Å². The van der Waals surface area contributed by atoms with Gasteiger partial charge in [0.05, 0.1) is 6.33 Å². The number of hydrogen-bond acceptors (Lipinski definition) is 4. The van der Waals surface area contributed by atoms with Crippen LogP contribution in [0, 0.1) is 22.7 Å². The van der Waals surface area contributed by atoms with Crippen LogP contribution in [0.25, 0.3) is 0 Å². The molecule has 88 valence electrons. The molecule has 6 heteroatoms. The number of nitriles is 2. The average Bonchev–Trinajstić information content (AvgIpc) is 2.72. The van der Waals surface area contributed by atoms with Crippen molar-refractivity contribution in [2.75, 3.05) is 0 Å². The van der Waals surface area contributed by atoms with Gasteiger partial charge in [0.1, 0.15) is 18.2 Å². The van der Waals surface area contributed by atoms with Crippen LogP contribution in [0.2, 0.25) is 0 Å². The van der Waals surface area contributed by atoms with Gasteiger partial charge in [-0.05, 0) is 6.42 Å². The predicted octanol–water partition coefficient (Wildman–Crippen LogP) is 1.44. The van der Waals surface area contributed by atoms with E-state index in [1.54, 1.807) is 6.07 Å². The Kier molecular flexibility index (Phi) is 4.24. The van der Waals surface area contributed by atoms with Gasteiger partial charge in [-0.3, -0.25) is 0 Å². The lowest BCUT2D eigenvalue weighted by molar-refractivity contribution is -0.141. The molecule has 0 aliphatic rings. The molecule has 0 amide bonds. The van der Waals surface area contributed by atoms with E-state index in [1.165, 1.54) is 10.9 Å². The van der Waals surface area contributed by atoms with Crippen molar-refractivity contribution in [3.05, 3.63) is 17.7 Å². The number of unbranched alkanes of at least 4 members (excludes halogenated alkanes) is 1. The number of carboxylic acids is 1. The zero-order valence-corrected chi connectivity index (χ0v) is 9.42. The summed E-state index contributed by atoms with van der Waals surface area (Å²) in [6.07, 6.45) is 3.26. The number of aliphatic carboxylic acids is 1. The van der Waals surface area contributed by atoms with Crippen LogP contribution < -0.4 is 0 Å². The van der Waals surface area contributed by atoms with Gasteiger partial charge in [-0.2, -0.15) is 10.5 Å². The van der Waals surface area contributed by atoms with Gasteiger partial charge in [0.2, 0.25) is 0 Å². The van der Waals surface area contributed by atoms with E-state index >= 15 is 0 Å².